The molecule has 0 spiro atoms. The first-order valence-electron chi connectivity index (χ1n) is 11.9. The SMILES string of the molecule is CNC(=O)COC(=O)[C@H]1C[C@H](NC(=O)Cc2ccc(NC(=O)OC(C)(C)C)cc2)c2c(Cl)cc(Cl)cc2N1. The number of amides is 3. The van der Waals surface area contributed by atoms with Gasteiger partial charge < -0.3 is 25.4 Å². The Bertz CT molecular complexity index is 1210. The normalized spacial score (nSPS) is 16.4. The number of rotatable bonds is 7. The van der Waals surface area contributed by atoms with Gasteiger partial charge in [-0.3, -0.25) is 14.9 Å². The highest BCUT2D eigenvalue weighted by Gasteiger charge is 2.34. The fourth-order valence-electron chi connectivity index (χ4n) is 3.81. The number of carbonyl (C=O) groups is 4. The number of anilines is 2. The summed E-state index contributed by atoms with van der Waals surface area (Å²) in [5, 5.41) is 11.7. The molecule has 4 N–H and O–H groups in total. The van der Waals surface area contributed by atoms with Crippen molar-refractivity contribution in [3.8, 4) is 0 Å². The zero-order valence-corrected chi connectivity index (χ0v) is 23.0. The second-order valence-corrected chi connectivity index (χ2v) is 10.5. The molecule has 10 nitrogen and oxygen atoms in total. The molecular formula is C26H30Cl2N4O6. The molecule has 0 radical (unpaired) electrons. The molecule has 1 heterocycles. The largest absolute Gasteiger partial charge is 0.454 e. The van der Waals surface area contributed by atoms with Crippen molar-refractivity contribution < 1.29 is 28.7 Å². The molecule has 2 aromatic carbocycles. The number of nitrogens with one attached hydrogen (secondary N) is 4. The van der Waals surface area contributed by atoms with Gasteiger partial charge in [0.1, 0.15) is 11.6 Å². The van der Waals surface area contributed by atoms with E-state index in [1.54, 1.807) is 57.2 Å². The van der Waals surface area contributed by atoms with Crippen LogP contribution in [0, 0.1) is 0 Å². The van der Waals surface area contributed by atoms with Crippen molar-refractivity contribution >= 4 is 58.5 Å². The van der Waals surface area contributed by atoms with E-state index in [4.69, 9.17) is 32.7 Å². The van der Waals surface area contributed by atoms with Gasteiger partial charge in [0.25, 0.3) is 5.91 Å². The lowest BCUT2D eigenvalue weighted by atomic mass is 9.92. The van der Waals surface area contributed by atoms with E-state index in [-0.39, 0.29) is 18.7 Å². The van der Waals surface area contributed by atoms with Gasteiger partial charge in [0.2, 0.25) is 5.91 Å². The number of esters is 1. The predicted molar refractivity (Wildman–Crippen MR) is 144 cm³/mol. The lowest BCUT2D eigenvalue weighted by Gasteiger charge is -2.33. The number of carbonyl (C=O) groups excluding carboxylic acids is 4. The predicted octanol–water partition coefficient (Wildman–Crippen LogP) is 4.21. The van der Waals surface area contributed by atoms with Gasteiger partial charge in [-0.05, 0) is 50.6 Å². The third-order valence-electron chi connectivity index (χ3n) is 5.45. The van der Waals surface area contributed by atoms with Crippen LogP contribution < -0.4 is 21.3 Å². The van der Waals surface area contributed by atoms with E-state index < -0.39 is 42.3 Å². The number of likely N-dealkylation sites (N-methyl/N-ethyl adjacent to an activating group) is 1. The van der Waals surface area contributed by atoms with Crippen LogP contribution in [0.2, 0.25) is 10.0 Å². The Labute approximate surface area is 230 Å². The van der Waals surface area contributed by atoms with Crippen LogP contribution in [0.5, 0.6) is 0 Å². The fraction of sp³-hybridized carbons (Fsp3) is 0.385. The fourth-order valence-corrected chi connectivity index (χ4v) is 4.44. The summed E-state index contributed by atoms with van der Waals surface area (Å²) in [4.78, 5) is 49.0. The maximum absolute atomic E-state index is 13.0. The molecule has 0 unspecified atom stereocenters. The third kappa shape index (κ3) is 8.26. The topological polar surface area (TPSA) is 135 Å². The molecule has 2 aromatic rings. The van der Waals surface area contributed by atoms with E-state index >= 15 is 0 Å². The molecule has 0 aromatic heterocycles. The van der Waals surface area contributed by atoms with Gasteiger partial charge >= 0.3 is 12.1 Å². The Morgan fingerprint density at radius 1 is 1.05 bits per heavy atom. The quantitative estimate of drug-likeness (QED) is 0.370. The molecule has 38 heavy (non-hydrogen) atoms. The summed E-state index contributed by atoms with van der Waals surface area (Å²) in [6.07, 6.45) is -0.387. The van der Waals surface area contributed by atoms with Gasteiger partial charge in [-0.2, -0.15) is 0 Å². The highest BCUT2D eigenvalue weighted by Crippen LogP contribution is 2.40. The molecule has 1 aliphatic rings. The second-order valence-electron chi connectivity index (χ2n) is 9.68. The molecule has 0 saturated heterocycles. The number of halogens is 2. The first kappa shape index (κ1) is 29.1. The summed E-state index contributed by atoms with van der Waals surface area (Å²) >= 11 is 12.6. The van der Waals surface area contributed by atoms with Crippen molar-refractivity contribution in [3.05, 3.63) is 57.6 Å². The Morgan fingerprint density at radius 3 is 2.37 bits per heavy atom. The van der Waals surface area contributed by atoms with Crippen molar-refractivity contribution in [2.45, 2.75) is 51.3 Å². The van der Waals surface area contributed by atoms with Crippen molar-refractivity contribution in [3.63, 3.8) is 0 Å². The van der Waals surface area contributed by atoms with E-state index in [0.29, 0.717) is 32.5 Å². The van der Waals surface area contributed by atoms with Crippen molar-refractivity contribution in [1.82, 2.24) is 10.6 Å². The van der Waals surface area contributed by atoms with E-state index in [9.17, 15) is 19.2 Å². The van der Waals surface area contributed by atoms with Crippen LogP contribution in [0.3, 0.4) is 0 Å². The Balaban J connectivity index is 1.68. The molecule has 3 amide bonds. The number of hydrogen-bond acceptors (Lipinski definition) is 7. The van der Waals surface area contributed by atoms with Gasteiger partial charge in [0.05, 0.1) is 12.5 Å². The molecular weight excluding hydrogens is 535 g/mol. The van der Waals surface area contributed by atoms with Crippen molar-refractivity contribution in [2.75, 3.05) is 24.3 Å². The minimum atomic E-state index is -0.842. The molecule has 1 aliphatic heterocycles. The number of benzene rings is 2. The van der Waals surface area contributed by atoms with Crippen molar-refractivity contribution in [2.24, 2.45) is 0 Å². The standard InChI is InChI=1S/C26H30Cl2N4O6/c1-26(2,3)38-25(36)30-16-7-5-14(6-8-16)9-21(33)32-19-12-20(24(35)37-13-22(34)29-4)31-18-11-15(27)10-17(28)23(18)19/h5-8,10-11,19-20,31H,9,12-13H2,1-4H3,(H,29,34)(H,30,36)(H,32,33)/t19-,20+/m0/s1. The van der Waals surface area contributed by atoms with E-state index in [2.05, 4.69) is 21.3 Å². The van der Waals surface area contributed by atoms with Crippen LogP contribution in [0.1, 0.15) is 44.4 Å². The minimum absolute atomic E-state index is 0.0446. The Hall–Kier alpha value is -3.50. The maximum atomic E-state index is 13.0. The van der Waals surface area contributed by atoms with Crippen LogP contribution in [0.25, 0.3) is 0 Å². The zero-order valence-electron chi connectivity index (χ0n) is 21.4. The Kier molecular flexibility index (Phi) is 9.45. The Morgan fingerprint density at radius 2 is 1.74 bits per heavy atom. The summed E-state index contributed by atoms with van der Waals surface area (Å²) in [5.41, 5.74) is 1.69. The summed E-state index contributed by atoms with van der Waals surface area (Å²) in [7, 11) is 1.44. The molecule has 0 aliphatic carbocycles. The molecule has 0 saturated carbocycles. The maximum Gasteiger partial charge on any atom is 0.412 e. The van der Waals surface area contributed by atoms with Crippen LogP contribution >= 0.6 is 23.2 Å². The van der Waals surface area contributed by atoms with Crippen LogP contribution in [0.15, 0.2) is 36.4 Å². The summed E-state index contributed by atoms with van der Waals surface area (Å²) in [5.74, 6) is -1.40. The second kappa shape index (κ2) is 12.4. The monoisotopic (exact) mass is 564 g/mol. The summed E-state index contributed by atoms with van der Waals surface area (Å²) in [6, 6.07) is 8.48. The van der Waals surface area contributed by atoms with Crippen molar-refractivity contribution in [1.29, 1.82) is 0 Å². The molecule has 3 rings (SSSR count). The summed E-state index contributed by atoms with van der Waals surface area (Å²) < 4.78 is 10.3. The molecule has 0 fully saturated rings. The third-order valence-corrected chi connectivity index (χ3v) is 5.98. The minimum Gasteiger partial charge on any atom is -0.454 e. The highest BCUT2D eigenvalue weighted by atomic mass is 35.5. The van der Waals surface area contributed by atoms with E-state index in [1.807, 2.05) is 0 Å². The van der Waals surface area contributed by atoms with Gasteiger partial charge in [0.15, 0.2) is 6.61 Å². The summed E-state index contributed by atoms with van der Waals surface area (Å²) in [6.45, 7) is 4.89. The van der Waals surface area contributed by atoms with Crippen LogP contribution in [0.4, 0.5) is 16.2 Å². The smallest absolute Gasteiger partial charge is 0.412 e. The van der Waals surface area contributed by atoms with Crippen LogP contribution in [-0.4, -0.2) is 49.2 Å². The first-order chi connectivity index (χ1) is 17.8. The molecule has 0 bridgehead atoms. The average molecular weight is 565 g/mol. The first-order valence-corrected chi connectivity index (χ1v) is 12.6. The highest BCUT2D eigenvalue weighted by molar-refractivity contribution is 6.35. The lowest BCUT2D eigenvalue weighted by Crippen LogP contribution is -2.43. The molecule has 2 atom stereocenters. The van der Waals surface area contributed by atoms with E-state index in [1.165, 1.54) is 7.05 Å². The molecule has 12 heteroatoms. The van der Waals surface area contributed by atoms with Gasteiger partial charge in [0, 0.05) is 40.5 Å². The zero-order chi connectivity index (χ0) is 28.0. The van der Waals surface area contributed by atoms with Gasteiger partial charge in [-0.1, -0.05) is 35.3 Å². The number of fused-ring (bicyclic) bond motifs is 1. The average Bonchev–Trinajstić information content (AvgIpc) is 2.81. The number of hydrogen-bond donors (Lipinski definition) is 4. The lowest BCUT2D eigenvalue weighted by molar-refractivity contribution is -0.149. The van der Waals surface area contributed by atoms with Gasteiger partial charge in [-0.25, -0.2) is 9.59 Å². The van der Waals surface area contributed by atoms with Gasteiger partial charge in [-0.15, -0.1) is 0 Å². The number of ether oxygens (including phenoxy) is 2. The van der Waals surface area contributed by atoms with Crippen LogP contribution in [-0.2, 0) is 30.3 Å². The van der Waals surface area contributed by atoms with E-state index in [0.717, 1.165) is 0 Å². The molecule has 204 valence electrons.